The van der Waals surface area contributed by atoms with Crippen molar-refractivity contribution in [2.24, 2.45) is 0 Å². The second-order valence-electron chi connectivity index (χ2n) is 5.85. The van der Waals surface area contributed by atoms with Gasteiger partial charge in [0.2, 0.25) is 0 Å². The summed E-state index contributed by atoms with van der Waals surface area (Å²) in [6.07, 6.45) is 0. The van der Waals surface area contributed by atoms with Crippen LogP contribution < -0.4 is 4.72 Å². The first-order valence-electron chi connectivity index (χ1n) is 8.04. The highest BCUT2D eigenvalue weighted by Gasteiger charge is 2.16. The lowest BCUT2D eigenvalue weighted by atomic mass is 10.1. The first-order chi connectivity index (χ1) is 12.6. The van der Waals surface area contributed by atoms with Gasteiger partial charge in [0.1, 0.15) is 11.3 Å². The fourth-order valence-corrected chi connectivity index (χ4v) is 3.86. The number of aromatic carboxylic acids is 1. The summed E-state index contributed by atoms with van der Waals surface area (Å²) in [5.41, 5.74) is 0.841. The molecule has 3 N–H and O–H groups in total. The number of rotatable bonds is 4. The van der Waals surface area contributed by atoms with Gasteiger partial charge in [-0.2, -0.15) is 0 Å². The number of aromatic hydroxyl groups is 1. The van der Waals surface area contributed by atoms with Crippen LogP contribution in [0.4, 0.5) is 5.69 Å². The number of carboxylic acids is 1. The zero-order valence-electron chi connectivity index (χ0n) is 13.6. The molecule has 4 nitrogen and oxygen atoms in total. The highest BCUT2D eigenvalue weighted by atomic mass is 32.2. The third-order valence-corrected chi connectivity index (χ3v) is 5.15. The van der Waals surface area contributed by atoms with Crippen LogP contribution in [0.25, 0.3) is 21.5 Å². The van der Waals surface area contributed by atoms with Crippen molar-refractivity contribution in [1.29, 1.82) is 0 Å². The van der Waals surface area contributed by atoms with E-state index in [1.807, 2.05) is 54.6 Å². The normalized spacial score (nSPS) is 10.9. The summed E-state index contributed by atoms with van der Waals surface area (Å²) >= 11 is 1.33. The maximum atomic E-state index is 11.5. The third kappa shape index (κ3) is 2.82. The summed E-state index contributed by atoms with van der Waals surface area (Å²) < 4.78 is 3.32. The van der Waals surface area contributed by atoms with Gasteiger partial charge in [0.25, 0.3) is 0 Å². The number of anilines is 1. The Bertz CT molecular complexity index is 1140. The largest absolute Gasteiger partial charge is 0.506 e. The number of carbonyl (C=O) groups is 1. The molecule has 0 saturated heterocycles. The molecule has 26 heavy (non-hydrogen) atoms. The Kier molecular flexibility index (Phi) is 4.14. The summed E-state index contributed by atoms with van der Waals surface area (Å²) in [6.45, 7) is 0. The molecule has 0 amide bonds. The summed E-state index contributed by atoms with van der Waals surface area (Å²) in [5, 5.41) is 23.2. The van der Waals surface area contributed by atoms with Gasteiger partial charge in [-0.15, -0.1) is 0 Å². The average Bonchev–Trinajstić information content (AvgIpc) is 2.67. The molecule has 0 aliphatic rings. The van der Waals surface area contributed by atoms with Crippen molar-refractivity contribution in [3.05, 3.63) is 78.4 Å². The Hall–Kier alpha value is -3.18. The lowest BCUT2D eigenvalue weighted by molar-refractivity contribution is 0.0694. The molecule has 5 heteroatoms. The first kappa shape index (κ1) is 16.3. The molecular weight excluding hydrogens is 346 g/mol. The van der Waals surface area contributed by atoms with Crippen molar-refractivity contribution < 1.29 is 15.0 Å². The van der Waals surface area contributed by atoms with Crippen LogP contribution in [-0.2, 0) is 0 Å². The zero-order chi connectivity index (χ0) is 18.1. The van der Waals surface area contributed by atoms with Gasteiger partial charge in [-0.3, -0.25) is 0 Å². The monoisotopic (exact) mass is 361 g/mol. The molecule has 0 atom stereocenters. The van der Waals surface area contributed by atoms with Gasteiger partial charge in [0.05, 0.1) is 5.69 Å². The lowest BCUT2D eigenvalue weighted by Crippen LogP contribution is -1.99. The van der Waals surface area contributed by atoms with Gasteiger partial charge in [-0.1, -0.05) is 60.7 Å². The van der Waals surface area contributed by atoms with Gasteiger partial charge in [-0.05, 0) is 29.5 Å². The maximum absolute atomic E-state index is 11.5. The lowest BCUT2D eigenvalue weighted by Gasteiger charge is -2.13. The molecule has 0 saturated carbocycles. The van der Waals surface area contributed by atoms with E-state index in [1.165, 1.54) is 18.0 Å². The minimum atomic E-state index is -1.15. The molecule has 4 aromatic carbocycles. The molecule has 0 heterocycles. The molecule has 0 aliphatic carbocycles. The van der Waals surface area contributed by atoms with Crippen molar-refractivity contribution in [3.8, 4) is 5.75 Å². The van der Waals surface area contributed by atoms with E-state index in [-0.39, 0.29) is 11.3 Å². The van der Waals surface area contributed by atoms with Gasteiger partial charge in [-0.25, -0.2) is 4.79 Å². The Morgan fingerprint density at radius 2 is 1.50 bits per heavy atom. The molecule has 0 fully saturated rings. The molecule has 0 radical (unpaired) electrons. The fraction of sp³-hybridized carbons (Fsp3) is 0. The Labute approximate surface area is 154 Å². The molecule has 0 aliphatic heterocycles. The minimum absolute atomic E-state index is 0.106. The highest BCUT2D eigenvalue weighted by molar-refractivity contribution is 8.00. The second kappa shape index (κ2) is 6.61. The smallest absolute Gasteiger partial charge is 0.339 e. The van der Waals surface area contributed by atoms with Crippen LogP contribution in [0.5, 0.6) is 5.75 Å². The Balaban J connectivity index is 1.77. The second-order valence-corrected chi connectivity index (χ2v) is 6.70. The van der Waals surface area contributed by atoms with E-state index in [9.17, 15) is 15.0 Å². The Morgan fingerprint density at radius 1 is 0.846 bits per heavy atom. The van der Waals surface area contributed by atoms with Crippen LogP contribution in [-0.4, -0.2) is 16.2 Å². The van der Waals surface area contributed by atoms with Gasteiger partial charge in [0, 0.05) is 21.1 Å². The molecule has 0 bridgehead atoms. The first-order valence-corrected chi connectivity index (χ1v) is 8.85. The summed E-state index contributed by atoms with van der Waals surface area (Å²) in [6, 6.07) is 22.8. The van der Waals surface area contributed by atoms with Crippen molar-refractivity contribution >= 4 is 45.1 Å². The quantitative estimate of drug-likeness (QED) is 0.418. The van der Waals surface area contributed by atoms with Crippen LogP contribution >= 0.6 is 11.9 Å². The van der Waals surface area contributed by atoms with Gasteiger partial charge in [0.15, 0.2) is 0 Å². The standard InChI is InChI=1S/C21H15NO3S/c23-20-16-10-4-3-9-15(16)19(12-17(20)21(24)25)26-22-18-11-5-7-13-6-1-2-8-14(13)18/h1-12,22-23H,(H,24,25). The SMILES string of the molecule is O=C(O)c1cc(SNc2cccc3ccccc23)c2ccccc2c1O. The molecule has 128 valence electrons. The fourth-order valence-electron chi connectivity index (χ4n) is 3.00. The predicted molar refractivity (Wildman–Crippen MR) is 106 cm³/mol. The summed E-state index contributed by atoms with van der Waals surface area (Å²) in [5.74, 6) is -1.36. The van der Waals surface area contributed by atoms with E-state index in [1.54, 1.807) is 12.1 Å². The van der Waals surface area contributed by atoms with Crippen molar-refractivity contribution in [2.45, 2.75) is 4.90 Å². The van der Waals surface area contributed by atoms with Crippen LogP contribution in [0.15, 0.2) is 77.7 Å². The topological polar surface area (TPSA) is 69.6 Å². The number of phenols is 1. The van der Waals surface area contributed by atoms with Crippen LogP contribution in [0.3, 0.4) is 0 Å². The van der Waals surface area contributed by atoms with E-state index in [0.29, 0.717) is 5.39 Å². The van der Waals surface area contributed by atoms with Crippen LogP contribution in [0, 0.1) is 0 Å². The van der Waals surface area contributed by atoms with E-state index in [4.69, 9.17) is 0 Å². The van der Waals surface area contributed by atoms with E-state index >= 15 is 0 Å². The number of nitrogens with one attached hydrogen (secondary N) is 1. The predicted octanol–water partition coefficient (Wildman–Crippen LogP) is 5.52. The van der Waals surface area contributed by atoms with Gasteiger partial charge < -0.3 is 14.9 Å². The number of hydrogen-bond acceptors (Lipinski definition) is 4. The van der Waals surface area contributed by atoms with Crippen LogP contribution in [0.2, 0.25) is 0 Å². The summed E-state index contributed by atoms with van der Waals surface area (Å²) in [4.78, 5) is 12.2. The molecule has 0 unspecified atom stereocenters. The number of hydrogen-bond donors (Lipinski definition) is 3. The number of benzene rings is 4. The zero-order valence-corrected chi connectivity index (χ0v) is 14.5. The molecule has 4 rings (SSSR count). The molecule has 0 aromatic heterocycles. The van der Waals surface area contributed by atoms with E-state index in [2.05, 4.69) is 4.72 Å². The van der Waals surface area contributed by atoms with Gasteiger partial charge >= 0.3 is 5.97 Å². The number of carboxylic acid groups (broad SMARTS) is 1. The minimum Gasteiger partial charge on any atom is -0.506 e. The Morgan fingerprint density at radius 3 is 2.27 bits per heavy atom. The average molecular weight is 361 g/mol. The van der Waals surface area contributed by atoms with E-state index < -0.39 is 5.97 Å². The van der Waals surface area contributed by atoms with E-state index in [0.717, 1.165) is 26.7 Å². The van der Waals surface area contributed by atoms with Crippen molar-refractivity contribution in [1.82, 2.24) is 0 Å². The molecule has 4 aromatic rings. The number of fused-ring (bicyclic) bond motifs is 2. The van der Waals surface area contributed by atoms with Crippen molar-refractivity contribution in [3.63, 3.8) is 0 Å². The maximum Gasteiger partial charge on any atom is 0.339 e. The summed E-state index contributed by atoms with van der Waals surface area (Å²) in [7, 11) is 0. The molecular formula is C21H15NO3S. The van der Waals surface area contributed by atoms with Crippen molar-refractivity contribution in [2.75, 3.05) is 4.72 Å². The third-order valence-electron chi connectivity index (χ3n) is 4.27. The molecule has 0 spiro atoms. The van der Waals surface area contributed by atoms with Crippen LogP contribution in [0.1, 0.15) is 10.4 Å². The highest BCUT2D eigenvalue weighted by Crippen LogP contribution is 2.37.